The molecule has 0 saturated carbocycles. The van der Waals surface area contributed by atoms with Gasteiger partial charge in [-0.15, -0.1) is 0 Å². The summed E-state index contributed by atoms with van der Waals surface area (Å²) in [6, 6.07) is 73.5. The van der Waals surface area contributed by atoms with E-state index in [2.05, 4.69) is 206 Å². The Morgan fingerprint density at radius 1 is 0.313 bits per heavy atom. The number of anilines is 6. The molecule has 5 nitrogen and oxygen atoms in total. The molecule has 11 aromatic carbocycles. The van der Waals surface area contributed by atoms with Crippen LogP contribution < -0.4 is 14.5 Å². The van der Waals surface area contributed by atoms with Crippen LogP contribution in [0.2, 0.25) is 0 Å². The standard InChI is InChI=1S/C62H40N2O3/c1-37-24-27-43-49(30-37)50-35-53-47-29-26-41(63(39-14-5-3-6-15-39)54-21-13-20-48-45-19-10-12-23-57(45)67-62(48)54)33-59(47)66-60-32-38(2)31-52(61(53)60)51(50)36-55(43)64(40-16-7-4-8-17-40)42-25-28-46-44-18-9-11-22-56(44)65-58(46)34-42/h3-36H,1-2H3. The van der Waals surface area contributed by atoms with Crippen LogP contribution in [-0.4, -0.2) is 0 Å². The van der Waals surface area contributed by atoms with Gasteiger partial charge in [0.2, 0.25) is 0 Å². The Kier molecular flexibility index (Phi) is 8.05. The Morgan fingerprint density at radius 2 is 0.910 bits per heavy atom. The van der Waals surface area contributed by atoms with E-state index in [1.165, 1.54) is 21.7 Å². The second-order valence-corrected chi connectivity index (χ2v) is 17.8. The fraction of sp³-hybridized carbons (Fsp3) is 0.0323. The van der Waals surface area contributed by atoms with Gasteiger partial charge in [-0.05, 0) is 131 Å². The van der Waals surface area contributed by atoms with E-state index in [4.69, 9.17) is 13.6 Å². The normalized spacial score (nSPS) is 12.1. The monoisotopic (exact) mass is 860 g/mol. The number of hydrogen-bond acceptors (Lipinski definition) is 5. The third-order valence-electron chi connectivity index (χ3n) is 13.7. The zero-order chi connectivity index (χ0) is 44.3. The molecule has 0 atom stereocenters. The van der Waals surface area contributed by atoms with Crippen molar-refractivity contribution in [3.63, 3.8) is 0 Å². The average Bonchev–Trinajstić information content (AvgIpc) is 3.93. The molecule has 3 heterocycles. The lowest BCUT2D eigenvalue weighted by Crippen LogP contribution is -2.11. The summed E-state index contributed by atoms with van der Waals surface area (Å²) in [5.41, 5.74) is 14.1. The van der Waals surface area contributed by atoms with Crippen molar-refractivity contribution in [1.29, 1.82) is 0 Å². The van der Waals surface area contributed by atoms with E-state index in [0.29, 0.717) is 0 Å². The fourth-order valence-corrected chi connectivity index (χ4v) is 10.7. The smallest absolute Gasteiger partial charge is 0.159 e. The summed E-state index contributed by atoms with van der Waals surface area (Å²) in [5, 5.41) is 11.4. The number of benzene rings is 11. The van der Waals surface area contributed by atoms with E-state index >= 15 is 0 Å². The number of aryl methyl sites for hydroxylation is 2. The summed E-state index contributed by atoms with van der Waals surface area (Å²) in [5.74, 6) is 1.66. The minimum atomic E-state index is 0.808. The number of para-hydroxylation sites is 5. The van der Waals surface area contributed by atoms with Crippen molar-refractivity contribution in [1.82, 2.24) is 0 Å². The van der Waals surface area contributed by atoms with E-state index in [1.807, 2.05) is 24.3 Å². The highest BCUT2D eigenvalue weighted by Gasteiger charge is 2.27. The van der Waals surface area contributed by atoms with Crippen LogP contribution in [-0.2, 0) is 0 Å². The summed E-state index contributed by atoms with van der Waals surface area (Å²) in [4.78, 5) is 4.65. The minimum absolute atomic E-state index is 0.808. The van der Waals surface area contributed by atoms with Crippen molar-refractivity contribution < 1.29 is 13.6 Å². The maximum absolute atomic E-state index is 7.10. The maximum atomic E-state index is 7.10. The molecule has 0 N–H and O–H groups in total. The summed E-state index contributed by atoms with van der Waals surface area (Å²) in [6.07, 6.45) is 0. The van der Waals surface area contributed by atoms with Crippen LogP contribution in [0.3, 0.4) is 0 Å². The molecule has 0 amide bonds. The van der Waals surface area contributed by atoms with Crippen LogP contribution in [0.5, 0.6) is 11.5 Å². The molecule has 14 rings (SSSR count). The minimum Gasteiger partial charge on any atom is -0.456 e. The molecule has 13 aromatic rings. The predicted octanol–water partition coefficient (Wildman–Crippen LogP) is 18.3. The van der Waals surface area contributed by atoms with Crippen LogP contribution in [0, 0.1) is 13.8 Å². The van der Waals surface area contributed by atoms with E-state index < -0.39 is 0 Å². The van der Waals surface area contributed by atoms with Gasteiger partial charge in [-0.2, -0.15) is 0 Å². The molecule has 316 valence electrons. The topological polar surface area (TPSA) is 42.0 Å². The number of rotatable bonds is 6. The first-order chi connectivity index (χ1) is 33.0. The molecule has 0 aliphatic carbocycles. The largest absolute Gasteiger partial charge is 0.456 e. The molecular formula is C62H40N2O3. The van der Waals surface area contributed by atoms with Crippen molar-refractivity contribution in [2.75, 3.05) is 9.80 Å². The molecule has 0 radical (unpaired) electrons. The van der Waals surface area contributed by atoms with Gasteiger partial charge in [0.1, 0.15) is 28.2 Å². The van der Waals surface area contributed by atoms with Gasteiger partial charge < -0.3 is 23.4 Å². The number of ether oxygens (including phenoxy) is 1. The van der Waals surface area contributed by atoms with Crippen molar-refractivity contribution in [2.45, 2.75) is 13.8 Å². The molecule has 0 saturated heterocycles. The Morgan fingerprint density at radius 3 is 1.70 bits per heavy atom. The molecule has 5 heteroatoms. The molecule has 0 unspecified atom stereocenters. The van der Waals surface area contributed by atoms with Gasteiger partial charge in [0.25, 0.3) is 0 Å². The quantitative estimate of drug-likeness (QED) is 0.156. The van der Waals surface area contributed by atoms with Gasteiger partial charge in [0.15, 0.2) is 5.58 Å². The van der Waals surface area contributed by atoms with Crippen LogP contribution in [0.25, 0.3) is 87.3 Å². The summed E-state index contributed by atoms with van der Waals surface area (Å²) in [7, 11) is 0. The van der Waals surface area contributed by atoms with Gasteiger partial charge in [-0.1, -0.05) is 115 Å². The lowest BCUT2D eigenvalue weighted by Gasteiger charge is -2.29. The third-order valence-corrected chi connectivity index (χ3v) is 13.7. The van der Waals surface area contributed by atoms with Gasteiger partial charge in [0, 0.05) is 67.1 Å². The first-order valence-electron chi connectivity index (χ1n) is 22.8. The van der Waals surface area contributed by atoms with Crippen LogP contribution in [0.15, 0.2) is 215 Å². The number of hydrogen-bond donors (Lipinski definition) is 0. The van der Waals surface area contributed by atoms with E-state index in [0.717, 1.165) is 122 Å². The van der Waals surface area contributed by atoms with Crippen molar-refractivity contribution >= 4 is 110 Å². The molecule has 2 aromatic heterocycles. The molecular weight excluding hydrogens is 821 g/mol. The average molecular weight is 861 g/mol. The Labute approximate surface area is 385 Å². The SMILES string of the molecule is Cc1ccc2c(N(c3ccccc3)c3ccc4c(c3)oc3ccccc34)cc3c4cc(C)cc5c4c(cc3c2c1)-c1ccc(N(c2ccccc2)c2cccc3c2oc2ccccc23)cc1O5. The zero-order valence-corrected chi connectivity index (χ0v) is 36.7. The molecule has 1 aliphatic heterocycles. The molecule has 1 aliphatic rings. The second kappa shape index (κ2) is 14.4. The number of fused-ring (bicyclic) bond motifs is 12. The van der Waals surface area contributed by atoms with Gasteiger partial charge in [-0.3, -0.25) is 0 Å². The lowest BCUT2D eigenvalue weighted by atomic mass is 9.87. The second-order valence-electron chi connectivity index (χ2n) is 17.8. The molecule has 0 bridgehead atoms. The first kappa shape index (κ1) is 37.6. The Bertz CT molecular complexity index is 4170. The molecule has 0 fully saturated rings. The van der Waals surface area contributed by atoms with Gasteiger partial charge >= 0.3 is 0 Å². The number of furan rings is 2. The van der Waals surface area contributed by atoms with Gasteiger partial charge in [0.05, 0.1) is 17.1 Å². The molecule has 0 spiro atoms. The molecule has 67 heavy (non-hydrogen) atoms. The van der Waals surface area contributed by atoms with E-state index in [-0.39, 0.29) is 0 Å². The highest BCUT2D eigenvalue weighted by atomic mass is 16.5. The van der Waals surface area contributed by atoms with Crippen LogP contribution >= 0.6 is 0 Å². The van der Waals surface area contributed by atoms with Crippen molar-refractivity contribution in [2.24, 2.45) is 0 Å². The van der Waals surface area contributed by atoms with E-state index in [1.54, 1.807) is 0 Å². The lowest BCUT2D eigenvalue weighted by molar-refractivity contribution is 0.487. The van der Waals surface area contributed by atoms with Gasteiger partial charge in [-0.25, -0.2) is 0 Å². The fourth-order valence-electron chi connectivity index (χ4n) is 10.7. The predicted molar refractivity (Wildman–Crippen MR) is 278 cm³/mol. The van der Waals surface area contributed by atoms with E-state index in [9.17, 15) is 0 Å². The highest BCUT2D eigenvalue weighted by Crippen LogP contribution is 2.54. The number of nitrogens with zero attached hydrogens (tertiary/aromatic N) is 2. The Hall–Kier alpha value is -8.80. The van der Waals surface area contributed by atoms with Crippen molar-refractivity contribution in [3.05, 3.63) is 217 Å². The maximum Gasteiger partial charge on any atom is 0.159 e. The van der Waals surface area contributed by atoms with Crippen LogP contribution in [0.4, 0.5) is 34.1 Å². The summed E-state index contributed by atoms with van der Waals surface area (Å²) in [6.45, 7) is 4.35. The summed E-state index contributed by atoms with van der Waals surface area (Å²) >= 11 is 0. The third kappa shape index (κ3) is 5.74. The van der Waals surface area contributed by atoms with Crippen molar-refractivity contribution in [3.8, 4) is 22.6 Å². The Balaban J connectivity index is 0.987. The summed E-state index contributed by atoms with van der Waals surface area (Å²) < 4.78 is 20.2. The van der Waals surface area contributed by atoms with Crippen LogP contribution in [0.1, 0.15) is 11.1 Å². The highest BCUT2D eigenvalue weighted by molar-refractivity contribution is 6.26. The zero-order valence-electron chi connectivity index (χ0n) is 36.7. The first-order valence-corrected chi connectivity index (χ1v) is 22.8.